The van der Waals surface area contributed by atoms with Gasteiger partial charge in [0.25, 0.3) is 0 Å². The fourth-order valence-electron chi connectivity index (χ4n) is 2.46. The van der Waals surface area contributed by atoms with Gasteiger partial charge in [-0.2, -0.15) is 4.99 Å². The number of isocyanates is 1. The molecule has 0 atom stereocenters. The molecule has 0 unspecified atom stereocenters. The van der Waals surface area contributed by atoms with E-state index in [0.717, 1.165) is 20.3 Å². The highest BCUT2D eigenvalue weighted by atomic mass is 35.5. The van der Waals surface area contributed by atoms with Crippen molar-refractivity contribution in [3.8, 4) is 11.5 Å². The zero-order valence-electron chi connectivity index (χ0n) is 14.8. The molecule has 1 N–H and O–H groups in total. The molecule has 0 bridgehead atoms. The number of ether oxygens (including phenoxy) is 2. The van der Waals surface area contributed by atoms with E-state index >= 15 is 0 Å². The molecule has 2 aromatic carbocycles. The molecule has 0 aromatic heterocycles. The van der Waals surface area contributed by atoms with Crippen LogP contribution >= 0.6 is 23.2 Å². The average Bonchev–Trinajstić information content (AvgIpc) is 2.67. The Kier molecular flexibility index (Phi) is 6.72. The molecule has 2 rings (SSSR count). The highest BCUT2D eigenvalue weighted by molar-refractivity contribution is 6.35. The molecule has 158 valence electrons. The van der Waals surface area contributed by atoms with Crippen molar-refractivity contribution in [2.75, 3.05) is 19.5 Å². The molecule has 30 heavy (non-hydrogen) atoms. The highest BCUT2D eigenvalue weighted by Gasteiger charge is 2.35. The predicted molar refractivity (Wildman–Crippen MR) is 100 cm³/mol. The van der Waals surface area contributed by atoms with Crippen molar-refractivity contribution in [3.05, 3.63) is 48.0 Å². The van der Waals surface area contributed by atoms with Crippen LogP contribution in [0, 0.1) is 31.9 Å². The summed E-state index contributed by atoms with van der Waals surface area (Å²) in [5.74, 6) is -4.20. The summed E-state index contributed by atoms with van der Waals surface area (Å²) in [7, 11) is 1.97. The standard InChI is InChI=1S/C15H8Cl2F2N4O7/c1-29-14-5(16)3-6(18)9(12(14)22(25)26)21-10-7(17)15(30-2)13(23(27)28)11(8(10)19)20-4-24/h3,21H,1-2H3. The van der Waals surface area contributed by atoms with Gasteiger partial charge in [-0.3, -0.25) is 20.2 Å². The fraction of sp³-hybridized carbons (Fsp3) is 0.133. The second kappa shape index (κ2) is 8.86. The van der Waals surface area contributed by atoms with E-state index in [0.29, 0.717) is 6.07 Å². The molecule has 0 saturated carbocycles. The Labute approximate surface area is 175 Å². The lowest BCUT2D eigenvalue weighted by Crippen LogP contribution is -2.06. The van der Waals surface area contributed by atoms with Crippen LogP contribution in [-0.2, 0) is 4.79 Å². The first-order chi connectivity index (χ1) is 14.1. The van der Waals surface area contributed by atoms with E-state index in [2.05, 4.69) is 4.99 Å². The van der Waals surface area contributed by atoms with E-state index in [4.69, 9.17) is 32.7 Å². The van der Waals surface area contributed by atoms with Crippen molar-refractivity contribution in [2.24, 2.45) is 4.99 Å². The molecule has 0 aliphatic rings. The van der Waals surface area contributed by atoms with Crippen LogP contribution in [0.15, 0.2) is 11.1 Å². The van der Waals surface area contributed by atoms with Crippen LogP contribution in [0.5, 0.6) is 11.5 Å². The van der Waals surface area contributed by atoms with Gasteiger partial charge in [-0.05, 0) is 6.07 Å². The zero-order chi connectivity index (χ0) is 22.7. The van der Waals surface area contributed by atoms with Crippen LogP contribution in [0.1, 0.15) is 0 Å². The number of rotatable bonds is 7. The molecule has 0 aliphatic heterocycles. The van der Waals surface area contributed by atoms with Crippen LogP contribution < -0.4 is 14.8 Å². The largest absolute Gasteiger partial charge is 0.489 e. The maximum Gasteiger partial charge on any atom is 0.341 e. The van der Waals surface area contributed by atoms with Crippen molar-refractivity contribution >= 4 is 57.7 Å². The maximum atomic E-state index is 14.9. The Morgan fingerprint density at radius 3 is 2.10 bits per heavy atom. The van der Waals surface area contributed by atoms with Gasteiger partial charge in [-0.1, -0.05) is 23.2 Å². The Hall–Kier alpha value is -3.54. The highest BCUT2D eigenvalue weighted by Crippen LogP contribution is 2.51. The van der Waals surface area contributed by atoms with E-state index < -0.39 is 71.5 Å². The summed E-state index contributed by atoms with van der Waals surface area (Å²) in [4.78, 5) is 34.1. The number of methoxy groups -OCH3 is 2. The topological polar surface area (TPSA) is 146 Å². The SMILES string of the molecule is COc1c(Cl)c(Nc2c(F)cc(Cl)c(OC)c2[N+](=O)[O-])c(F)c(N=C=O)c1[N+](=O)[O-]. The van der Waals surface area contributed by atoms with Crippen LogP contribution in [0.2, 0.25) is 10.0 Å². The number of anilines is 2. The summed E-state index contributed by atoms with van der Waals surface area (Å²) in [6.45, 7) is 0. The second-order valence-corrected chi connectivity index (χ2v) is 5.96. The summed E-state index contributed by atoms with van der Waals surface area (Å²) >= 11 is 11.7. The molecule has 11 nitrogen and oxygen atoms in total. The molecule has 0 amide bonds. The van der Waals surface area contributed by atoms with Gasteiger partial charge in [0.2, 0.25) is 17.6 Å². The van der Waals surface area contributed by atoms with Gasteiger partial charge in [0.05, 0.1) is 29.1 Å². The summed E-state index contributed by atoms with van der Waals surface area (Å²) in [6, 6.07) is 0.647. The number of nitro benzene ring substituents is 2. The summed E-state index contributed by atoms with van der Waals surface area (Å²) in [5, 5.41) is 23.5. The first-order valence-electron chi connectivity index (χ1n) is 7.39. The number of hydrogen-bond donors (Lipinski definition) is 1. The molecular formula is C15H8Cl2F2N4O7. The zero-order valence-corrected chi connectivity index (χ0v) is 16.3. The van der Waals surface area contributed by atoms with E-state index in [1.54, 1.807) is 0 Å². The Morgan fingerprint density at radius 1 is 1.07 bits per heavy atom. The first kappa shape index (κ1) is 22.7. The van der Waals surface area contributed by atoms with Crippen LogP contribution in [0.25, 0.3) is 0 Å². The second-order valence-electron chi connectivity index (χ2n) is 5.17. The molecule has 2 aromatic rings. The minimum atomic E-state index is -1.60. The minimum absolute atomic E-state index is 0.452. The number of carbonyl (C=O) groups excluding carboxylic acids is 1. The molecule has 0 radical (unpaired) electrons. The maximum absolute atomic E-state index is 14.9. The Bertz CT molecular complexity index is 1120. The van der Waals surface area contributed by atoms with Crippen LogP contribution in [-0.4, -0.2) is 30.1 Å². The third kappa shape index (κ3) is 3.81. The number of halogens is 4. The molecule has 0 heterocycles. The third-order valence-corrected chi connectivity index (χ3v) is 4.27. The number of nitro groups is 2. The fourth-order valence-corrected chi connectivity index (χ4v) is 3.02. The normalized spacial score (nSPS) is 10.2. The molecule has 0 aliphatic carbocycles. The van der Waals surface area contributed by atoms with E-state index in [1.807, 2.05) is 5.32 Å². The number of aliphatic imine (C=N–C) groups is 1. The number of nitrogens with one attached hydrogen (secondary N) is 1. The van der Waals surface area contributed by atoms with E-state index in [9.17, 15) is 33.8 Å². The average molecular weight is 465 g/mol. The molecule has 0 spiro atoms. The molecule has 15 heteroatoms. The third-order valence-electron chi connectivity index (χ3n) is 3.63. The van der Waals surface area contributed by atoms with Crippen LogP contribution in [0.3, 0.4) is 0 Å². The quantitative estimate of drug-likeness (QED) is 0.265. The van der Waals surface area contributed by atoms with E-state index in [1.165, 1.54) is 0 Å². The number of hydrogen-bond acceptors (Lipinski definition) is 9. The van der Waals surface area contributed by atoms with Gasteiger partial charge in [0, 0.05) is 0 Å². The molecule has 0 saturated heterocycles. The van der Waals surface area contributed by atoms with Gasteiger partial charge >= 0.3 is 11.4 Å². The van der Waals surface area contributed by atoms with Crippen molar-refractivity contribution in [2.45, 2.75) is 0 Å². The predicted octanol–water partition coefficient (Wildman–Crippen LogP) is 4.82. The van der Waals surface area contributed by atoms with Crippen molar-refractivity contribution in [3.63, 3.8) is 0 Å². The Morgan fingerprint density at radius 2 is 1.63 bits per heavy atom. The lowest BCUT2D eigenvalue weighted by molar-refractivity contribution is -0.385. The number of benzene rings is 2. The van der Waals surface area contributed by atoms with Gasteiger partial charge in [-0.25, -0.2) is 13.6 Å². The summed E-state index contributed by atoms with van der Waals surface area (Å²) in [5.41, 5.74) is -5.12. The summed E-state index contributed by atoms with van der Waals surface area (Å²) < 4.78 is 39.0. The first-order valence-corrected chi connectivity index (χ1v) is 8.14. The lowest BCUT2D eigenvalue weighted by Gasteiger charge is -2.16. The van der Waals surface area contributed by atoms with Crippen LogP contribution in [0.4, 0.5) is 37.2 Å². The number of nitrogens with zero attached hydrogens (tertiary/aromatic N) is 3. The lowest BCUT2D eigenvalue weighted by atomic mass is 10.1. The van der Waals surface area contributed by atoms with Crippen molar-refractivity contribution in [1.29, 1.82) is 0 Å². The Balaban J connectivity index is 2.92. The molecule has 0 fully saturated rings. The van der Waals surface area contributed by atoms with Gasteiger partial charge in [0.15, 0.2) is 23.0 Å². The van der Waals surface area contributed by atoms with Gasteiger partial charge < -0.3 is 14.8 Å². The monoisotopic (exact) mass is 464 g/mol. The smallest absolute Gasteiger partial charge is 0.341 e. The molecular weight excluding hydrogens is 457 g/mol. The summed E-state index contributed by atoms with van der Waals surface area (Å²) in [6.07, 6.45) is 0.933. The van der Waals surface area contributed by atoms with Crippen molar-refractivity contribution < 1.29 is 32.9 Å². The van der Waals surface area contributed by atoms with Crippen molar-refractivity contribution in [1.82, 2.24) is 0 Å². The minimum Gasteiger partial charge on any atom is -0.489 e. The van der Waals surface area contributed by atoms with E-state index in [-0.39, 0.29) is 0 Å². The van der Waals surface area contributed by atoms with Gasteiger partial charge in [-0.15, -0.1) is 0 Å². The van der Waals surface area contributed by atoms with Gasteiger partial charge in [0.1, 0.15) is 10.7 Å².